The van der Waals surface area contributed by atoms with Crippen LogP contribution in [0.1, 0.15) is 93.6 Å². The molecule has 7 heteroatoms. The van der Waals surface area contributed by atoms with E-state index >= 15 is 0 Å². The fourth-order valence-electron chi connectivity index (χ4n) is 5.96. The van der Waals surface area contributed by atoms with Crippen LogP contribution in [0.4, 0.5) is 0 Å². The second kappa shape index (κ2) is 16.0. The summed E-state index contributed by atoms with van der Waals surface area (Å²) < 4.78 is 2.49. The van der Waals surface area contributed by atoms with Gasteiger partial charge in [0.2, 0.25) is 0 Å². The molecule has 50 heavy (non-hydrogen) atoms. The van der Waals surface area contributed by atoms with Crippen molar-refractivity contribution in [1.82, 2.24) is 9.97 Å². The summed E-state index contributed by atoms with van der Waals surface area (Å²) in [6.45, 7) is 18.9. The molecule has 0 amide bonds. The van der Waals surface area contributed by atoms with Gasteiger partial charge in [-0.1, -0.05) is 91.5 Å². The van der Waals surface area contributed by atoms with Gasteiger partial charge in [-0.05, 0) is 66.1 Å². The Balaban J connectivity index is 0.000000269. The molecular weight excluding hydrogens is 833 g/mol. The van der Waals surface area contributed by atoms with Crippen LogP contribution < -0.4 is 0 Å². The van der Waals surface area contributed by atoms with Crippen LogP contribution in [0, 0.1) is 16.9 Å². The molecule has 1 radical (unpaired) electrons. The van der Waals surface area contributed by atoms with Crippen LogP contribution in [0.3, 0.4) is 0 Å². The molecule has 4 heterocycles. The minimum absolute atomic E-state index is 0. The summed E-state index contributed by atoms with van der Waals surface area (Å²) in [5.74, 6) is 0.286. The summed E-state index contributed by atoms with van der Waals surface area (Å²) in [5, 5.41) is 17.0. The van der Waals surface area contributed by atoms with Crippen LogP contribution in [0.5, 0.6) is 0 Å². The number of pyridine rings is 2. The molecule has 0 saturated heterocycles. The van der Waals surface area contributed by atoms with E-state index < -0.39 is 0 Å². The van der Waals surface area contributed by atoms with Crippen molar-refractivity contribution >= 4 is 59.4 Å². The minimum atomic E-state index is -0.337. The first-order chi connectivity index (χ1) is 23.3. The number of hydrogen-bond acceptors (Lipinski definition) is 6. The second-order valence-corrected chi connectivity index (χ2v) is 16.6. The third kappa shape index (κ3) is 8.12. The zero-order valence-corrected chi connectivity index (χ0v) is 34.8. The molecule has 0 aliphatic carbocycles. The molecule has 265 valence electrons. The quantitative estimate of drug-likeness (QED) is 0.0893. The Morgan fingerprint density at radius 1 is 0.840 bits per heavy atom. The standard InChI is InChI=1S/C28H21N2S2.C15H28O2.Ir/c1-28(2,3)22-13-19(12-17-6-4-5-7-20(17)22)27-21-14-26(32-24(21)8-10-29-27)23-15-25-18(16-30-23)9-11-31-25;1-7-14(5,8-2)12(16)11-13(17)15(6,9-3)10-4;/h4-11,13-16H,1-3H3;11,16H,7-10H2,1-6H3;/q-1;;/b;12-11-;. The van der Waals surface area contributed by atoms with Crippen molar-refractivity contribution in [2.75, 3.05) is 0 Å². The number of aliphatic hydroxyl groups is 1. The fraction of sp³-hybridized carbons (Fsp3) is 0.372. The third-order valence-corrected chi connectivity index (χ3v) is 12.5. The molecule has 6 aromatic rings. The average Bonchev–Trinajstić information content (AvgIpc) is 3.77. The van der Waals surface area contributed by atoms with Gasteiger partial charge >= 0.3 is 0 Å². The largest absolute Gasteiger partial charge is 0.512 e. The van der Waals surface area contributed by atoms with Crippen molar-refractivity contribution in [2.24, 2.45) is 10.8 Å². The number of carbonyl (C=O) groups is 1. The molecule has 0 bridgehead atoms. The summed E-state index contributed by atoms with van der Waals surface area (Å²) >= 11 is 3.53. The van der Waals surface area contributed by atoms with Crippen molar-refractivity contribution in [3.63, 3.8) is 0 Å². The Bertz CT molecular complexity index is 2130. The smallest absolute Gasteiger partial charge is 0.164 e. The van der Waals surface area contributed by atoms with Crippen LogP contribution in [-0.4, -0.2) is 20.9 Å². The molecule has 0 spiro atoms. The van der Waals surface area contributed by atoms with Gasteiger partial charge in [0.25, 0.3) is 0 Å². The first kappa shape index (κ1) is 39.6. The summed E-state index contributed by atoms with van der Waals surface area (Å²) in [5.41, 5.74) is 3.79. The molecule has 0 unspecified atom stereocenters. The molecule has 0 aliphatic heterocycles. The second-order valence-electron chi connectivity index (χ2n) is 14.5. The fourth-order valence-corrected chi connectivity index (χ4v) is 7.78. The van der Waals surface area contributed by atoms with E-state index in [9.17, 15) is 9.90 Å². The molecule has 0 fully saturated rings. The van der Waals surface area contributed by atoms with Crippen molar-refractivity contribution in [2.45, 2.75) is 93.4 Å². The number of fused-ring (bicyclic) bond motifs is 3. The zero-order chi connectivity index (χ0) is 35.6. The molecule has 4 nitrogen and oxygen atoms in total. The Hall–Kier alpha value is -3.22. The van der Waals surface area contributed by atoms with Crippen LogP contribution in [0.15, 0.2) is 84.2 Å². The maximum Gasteiger partial charge on any atom is 0.164 e. The van der Waals surface area contributed by atoms with Crippen LogP contribution >= 0.6 is 22.7 Å². The van der Waals surface area contributed by atoms with E-state index in [1.807, 2.05) is 53.9 Å². The van der Waals surface area contributed by atoms with E-state index in [2.05, 4.69) is 86.8 Å². The predicted molar refractivity (Wildman–Crippen MR) is 212 cm³/mol. The monoisotopic (exact) mass is 882 g/mol. The third-order valence-electron chi connectivity index (χ3n) is 10.5. The number of allylic oxidation sites excluding steroid dienone is 2. The molecule has 0 aliphatic rings. The maximum absolute atomic E-state index is 12.2. The average molecular weight is 882 g/mol. The number of ketones is 1. The molecule has 6 rings (SSSR count). The number of benzene rings is 2. The number of rotatable bonds is 9. The summed E-state index contributed by atoms with van der Waals surface area (Å²) in [6.07, 6.45) is 8.63. The van der Waals surface area contributed by atoms with Crippen LogP contribution in [-0.2, 0) is 30.3 Å². The van der Waals surface area contributed by atoms with Gasteiger partial charge in [0.05, 0.1) is 10.6 Å². The normalized spacial score (nSPS) is 12.5. The number of thiophene rings is 2. The molecule has 0 atom stereocenters. The van der Waals surface area contributed by atoms with E-state index in [0.717, 1.165) is 53.4 Å². The minimum Gasteiger partial charge on any atom is -0.512 e. The Morgan fingerprint density at radius 3 is 2.18 bits per heavy atom. The number of nitrogens with zero attached hydrogens (tertiary/aromatic N) is 2. The van der Waals surface area contributed by atoms with Crippen molar-refractivity contribution < 1.29 is 30.0 Å². The van der Waals surface area contributed by atoms with Gasteiger partial charge in [0.1, 0.15) is 5.76 Å². The van der Waals surface area contributed by atoms with Crippen molar-refractivity contribution in [3.8, 4) is 21.8 Å². The number of aliphatic hydroxyl groups excluding tert-OH is 1. The van der Waals surface area contributed by atoms with Gasteiger partial charge in [-0.3, -0.25) is 14.8 Å². The molecule has 1 N–H and O–H groups in total. The van der Waals surface area contributed by atoms with Gasteiger partial charge in [0.15, 0.2) is 5.78 Å². The summed E-state index contributed by atoms with van der Waals surface area (Å²) in [7, 11) is 0. The maximum atomic E-state index is 12.2. The van der Waals surface area contributed by atoms with E-state index in [1.54, 1.807) is 22.7 Å². The van der Waals surface area contributed by atoms with E-state index in [-0.39, 0.29) is 47.9 Å². The van der Waals surface area contributed by atoms with Gasteiger partial charge in [-0.15, -0.1) is 51.8 Å². The first-order valence-corrected chi connectivity index (χ1v) is 19.1. The van der Waals surface area contributed by atoms with E-state index in [4.69, 9.17) is 9.97 Å². The van der Waals surface area contributed by atoms with Gasteiger partial charge in [0, 0.05) is 69.9 Å². The van der Waals surface area contributed by atoms with Crippen LogP contribution in [0.25, 0.3) is 52.8 Å². The molecular formula is C43H49IrN2O2S2-. The van der Waals surface area contributed by atoms with Gasteiger partial charge < -0.3 is 5.11 Å². The SMILES string of the molecule is CC(C)(C)c1cc(-c2nccc3sc(-c4cc5sccc5cn4)cc23)[c-]c2ccccc12.CCC(C)(CC)C(=O)/C=C(\O)C(C)(CC)CC.[Ir]. The van der Waals surface area contributed by atoms with E-state index in [0.29, 0.717) is 0 Å². The Labute approximate surface area is 319 Å². The number of aromatic nitrogens is 2. The van der Waals surface area contributed by atoms with Crippen LogP contribution in [0.2, 0.25) is 0 Å². The first-order valence-electron chi connectivity index (χ1n) is 17.4. The Kier molecular flexibility index (Phi) is 12.6. The van der Waals surface area contributed by atoms with E-state index in [1.165, 1.54) is 36.7 Å². The predicted octanol–water partition coefficient (Wildman–Crippen LogP) is 13.1. The van der Waals surface area contributed by atoms with Gasteiger partial charge in [-0.2, -0.15) is 0 Å². The Morgan fingerprint density at radius 2 is 1.52 bits per heavy atom. The molecule has 2 aromatic carbocycles. The van der Waals surface area contributed by atoms with Crippen molar-refractivity contribution in [1.29, 1.82) is 0 Å². The topological polar surface area (TPSA) is 63.1 Å². The summed E-state index contributed by atoms with van der Waals surface area (Å²) in [6, 6.07) is 23.1. The zero-order valence-electron chi connectivity index (χ0n) is 30.7. The van der Waals surface area contributed by atoms with Gasteiger partial charge in [-0.25, -0.2) is 0 Å². The molecule has 4 aromatic heterocycles. The number of hydrogen-bond donors (Lipinski definition) is 1. The number of carbonyl (C=O) groups excluding carboxylic acids is 1. The van der Waals surface area contributed by atoms with Crippen molar-refractivity contribution in [3.05, 3.63) is 95.8 Å². The molecule has 0 saturated carbocycles. The summed E-state index contributed by atoms with van der Waals surface area (Å²) in [4.78, 5) is 22.9.